The maximum absolute atomic E-state index is 9.32. The predicted octanol–water partition coefficient (Wildman–Crippen LogP) is 0.522. The fraction of sp³-hybridized carbons (Fsp3) is 0.471. The van der Waals surface area contributed by atoms with Gasteiger partial charge in [-0.1, -0.05) is 18.9 Å². The van der Waals surface area contributed by atoms with Gasteiger partial charge in [-0.05, 0) is 30.4 Å². The maximum atomic E-state index is 9.32. The largest absolute Gasteiger partial charge is 1.00 e. The Kier molecular flexibility index (Phi) is 6.44. The van der Waals surface area contributed by atoms with E-state index in [1.807, 2.05) is 6.07 Å². The monoisotopic (exact) mass is 350 g/mol. The van der Waals surface area contributed by atoms with Crippen molar-refractivity contribution >= 4 is 0 Å². The molecular formula is C17H17N2ORb. The second-order valence-corrected chi connectivity index (χ2v) is 5.60. The summed E-state index contributed by atoms with van der Waals surface area (Å²) in [5.41, 5.74) is 1.90. The summed E-state index contributed by atoms with van der Waals surface area (Å²) in [4.78, 5) is 0. The molecule has 1 aliphatic carbocycles. The minimum Gasteiger partial charge on any atom is -0.488 e. The van der Waals surface area contributed by atoms with E-state index in [0.29, 0.717) is 22.8 Å². The zero-order chi connectivity index (χ0) is 13.9. The molecule has 4 heteroatoms. The number of rotatable bonds is 1. The van der Waals surface area contributed by atoms with Gasteiger partial charge >= 0.3 is 58.2 Å². The topological polar surface area (TPSA) is 56.8 Å². The minimum absolute atomic E-state index is 0. The van der Waals surface area contributed by atoms with Gasteiger partial charge in [0.1, 0.15) is 29.6 Å². The van der Waals surface area contributed by atoms with E-state index in [2.05, 4.69) is 18.6 Å². The van der Waals surface area contributed by atoms with Crippen LogP contribution < -0.4 is 62.9 Å². The van der Waals surface area contributed by atoms with Crippen LogP contribution in [0, 0.1) is 35.0 Å². The van der Waals surface area contributed by atoms with Crippen molar-refractivity contribution in [2.45, 2.75) is 44.6 Å². The van der Waals surface area contributed by atoms with Gasteiger partial charge in [0.2, 0.25) is 0 Å². The molecule has 102 valence electrons. The van der Waals surface area contributed by atoms with Gasteiger partial charge in [0.15, 0.2) is 0 Å². The molecule has 1 heterocycles. The van der Waals surface area contributed by atoms with Crippen LogP contribution in [0.2, 0.25) is 0 Å². The fourth-order valence-corrected chi connectivity index (χ4v) is 3.33. The van der Waals surface area contributed by atoms with E-state index in [9.17, 15) is 5.26 Å². The van der Waals surface area contributed by atoms with Crippen LogP contribution in [-0.2, 0) is 6.42 Å². The third kappa shape index (κ3) is 3.59. The first-order valence-corrected chi connectivity index (χ1v) is 7.28. The summed E-state index contributed by atoms with van der Waals surface area (Å²) in [5.74, 6) is 1.25. The Bertz CT molecular complexity index is 594. The van der Waals surface area contributed by atoms with Crippen molar-refractivity contribution in [3.05, 3.63) is 35.2 Å². The SMILES string of the molecule is N#Cc1ccc2c(c1C#N)OC(C1CC[CH-]CC1)CC2.[Rb+]. The summed E-state index contributed by atoms with van der Waals surface area (Å²) in [6, 6.07) is 7.89. The van der Waals surface area contributed by atoms with Crippen molar-refractivity contribution in [3.63, 3.8) is 0 Å². The molecule has 1 aromatic carbocycles. The zero-order valence-electron chi connectivity index (χ0n) is 12.4. The molecule has 1 fully saturated rings. The van der Waals surface area contributed by atoms with E-state index >= 15 is 0 Å². The molecule has 2 aliphatic rings. The van der Waals surface area contributed by atoms with Gasteiger partial charge in [-0.25, -0.2) is 0 Å². The summed E-state index contributed by atoms with van der Waals surface area (Å²) >= 11 is 0. The van der Waals surface area contributed by atoms with Gasteiger partial charge < -0.3 is 11.2 Å². The standard InChI is InChI=1S/C17H17N2O.Rb/c18-10-14-7-6-13-8-9-16(12-4-2-1-3-5-12)20-17(13)15(14)11-19;/h1,6-7,12,16H,2-5,8-9H2;/q-1;+1. The van der Waals surface area contributed by atoms with Crippen molar-refractivity contribution in [2.75, 3.05) is 0 Å². The summed E-state index contributed by atoms with van der Waals surface area (Å²) in [6.07, 6.45) is 9.22. The minimum atomic E-state index is 0. The van der Waals surface area contributed by atoms with Gasteiger partial charge in [0.05, 0.1) is 5.56 Å². The average Bonchev–Trinajstić information content (AvgIpc) is 2.54. The summed E-state index contributed by atoms with van der Waals surface area (Å²) in [7, 11) is 0. The third-order valence-electron chi connectivity index (χ3n) is 4.45. The number of hydrogen-bond acceptors (Lipinski definition) is 3. The molecule has 1 unspecified atom stereocenters. The van der Waals surface area contributed by atoms with Crippen molar-refractivity contribution in [1.82, 2.24) is 0 Å². The van der Waals surface area contributed by atoms with Crippen LogP contribution in [-0.4, -0.2) is 6.10 Å². The summed E-state index contributed by atoms with van der Waals surface area (Å²) in [6.45, 7) is 0. The molecule has 1 aromatic rings. The summed E-state index contributed by atoms with van der Waals surface area (Å²) < 4.78 is 6.15. The smallest absolute Gasteiger partial charge is 0.488 e. The fourth-order valence-electron chi connectivity index (χ4n) is 3.33. The van der Waals surface area contributed by atoms with E-state index in [1.165, 1.54) is 25.7 Å². The van der Waals surface area contributed by atoms with Crippen LogP contribution in [0.15, 0.2) is 12.1 Å². The average molecular weight is 351 g/mol. The number of fused-ring (bicyclic) bond motifs is 1. The first kappa shape index (κ1) is 17.2. The Morgan fingerprint density at radius 1 is 1.10 bits per heavy atom. The molecule has 0 N–H and O–H groups in total. The molecule has 3 nitrogen and oxygen atoms in total. The first-order valence-electron chi connectivity index (χ1n) is 7.28. The van der Waals surface area contributed by atoms with Crippen LogP contribution in [0.25, 0.3) is 0 Å². The Hall–Kier alpha value is -0.195. The Labute approximate surface area is 175 Å². The molecule has 1 atom stereocenters. The maximum Gasteiger partial charge on any atom is 1.00 e. The number of ether oxygens (including phenoxy) is 1. The Balaban J connectivity index is 0.00000161. The van der Waals surface area contributed by atoms with E-state index < -0.39 is 0 Å². The number of hydrogen-bond donors (Lipinski definition) is 0. The van der Waals surface area contributed by atoms with Crippen LogP contribution >= 0.6 is 0 Å². The molecular weight excluding hydrogens is 334 g/mol. The van der Waals surface area contributed by atoms with Gasteiger partial charge in [-0.15, -0.1) is 0 Å². The number of benzene rings is 1. The zero-order valence-corrected chi connectivity index (χ0v) is 17.3. The van der Waals surface area contributed by atoms with Gasteiger partial charge in [-0.3, -0.25) is 0 Å². The third-order valence-corrected chi connectivity index (χ3v) is 4.45. The molecule has 0 bridgehead atoms. The van der Waals surface area contributed by atoms with Gasteiger partial charge in [-0.2, -0.15) is 23.4 Å². The number of nitrogens with zero attached hydrogens (tertiary/aromatic N) is 2. The Morgan fingerprint density at radius 2 is 1.86 bits per heavy atom. The van der Waals surface area contributed by atoms with Crippen LogP contribution in [0.1, 0.15) is 48.8 Å². The molecule has 1 saturated carbocycles. The van der Waals surface area contributed by atoms with Crippen LogP contribution in [0.4, 0.5) is 0 Å². The van der Waals surface area contributed by atoms with Crippen molar-refractivity contribution in [2.24, 2.45) is 5.92 Å². The van der Waals surface area contributed by atoms with Crippen molar-refractivity contribution < 1.29 is 62.9 Å². The van der Waals surface area contributed by atoms with Gasteiger partial charge in [0.25, 0.3) is 0 Å². The van der Waals surface area contributed by atoms with Crippen molar-refractivity contribution in [1.29, 1.82) is 10.5 Å². The summed E-state index contributed by atoms with van der Waals surface area (Å²) in [5, 5.41) is 18.4. The molecule has 21 heavy (non-hydrogen) atoms. The van der Waals surface area contributed by atoms with Crippen molar-refractivity contribution in [3.8, 4) is 17.9 Å². The molecule has 0 spiro atoms. The van der Waals surface area contributed by atoms with E-state index in [0.717, 1.165) is 18.4 Å². The normalized spacial score (nSPS) is 21.1. The molecule has 0 amide bonds. The van der Waals surface area contributed by atoms with Gasteiger partial charge in [0, 0.05) is 0 Å². The molecule has 0 saturated heterocycles. The number of nitriles is 2. The van der Waals surface area contributed by atoms with E-state index in [4.69, 9.17) is 10.00 Å². The molecule has 0 radical (unpaired) electrons. The van der Waals surface area contributed by atoms with E-state index in [-0.39, 0.29) is 64.3 Å². The predicted molar refractivity (Wildman–Crippen MR) is 74.9 cm³/mol. The molecule has 3 rings (SSSR count). The quantitative estimate of drug-likeness (QED) is 0.694. The second kappa shape index (κ2) is 7.88. The van der Waals surface area contributed by atoms with E-state index in [1.54, 1.807) is 6.07 Å². The first-order chi connectivity index (χ1) is 9.83. The number of aryl methyl sites for hydroxylation is 1. The Morgan fingerprint density at radius 3 is 2.52 bits per heavy atom. The second-order valence-electron chi connectivity index (χ2n) is 5.60. The van der Waals surface area contributed by atoms with Crippen LogP contribution in [0.5, 0.6) is 5.75 Å². The van der Waals surface area contributed by atoms with Crippen LogP contribution in [0.3, 0.4) is 0 Å². The molecule has 1 aliphatic heterocycles. The molecule has 0 aromatic heterocycles.